The first-order chi connectivity index (χ1) is 12.2. The van der Waals surface area contributed by atoms with Crippen LogP contribution in [-0.2, 0) is 5.54 Å². The number of hydrogen-bond acceptors (Lipinski definition) is 3. The third-order valence-electron chi connectivity index (χ3n) is 4.87. The molecule has 25 heavy (non-hydrogen) atoms. The Hall–Kier alpha value is -3.07. The third kappa shape index (κ3) is 2.49. The van der Waals surface area contributed by atoms with Gasteiger partial charge in [-0.15, -0.1) is 0 Å². The molecule has 0 bridgehead atoms. The number of aliphatic imine (C=N–C) groups is 1. The van der Waals surface area contributed by atoms with Crippen LogP contribution in [0.25, 0.3) is 0 Å². The van der Waals surface area contributed by atoms with Crippen LogP contribution in [-0.4, -0.2) is 17.4 Å². The van der Waals surface area contributed by atoms with Gasteiger partial charge in [0.15, 0.2) is 11.5 Å². The predicted molar refractivity (Wildman–Crippen MR) is 103 cm³/mol. The van der Waals surface area contributed by atoms with E-state index in [1.165, 1.54) is 5.57 Å². The van der Waals surface area contributed by atoms with Crippen LogP contribution in [0.5, 0.6) is 0 Å². The summed E-state index contributed by atoms with van der Waals surface area (Å²) in [5.41, 5.74) is 9.98. The van der Waals surface area contributed by atoms with E-state index >= 15 is 0 Å². The molecule has 0 unspecified atom stereocenters. The van der Waals surface area contributed by atoms with E-state index in [0.717, 1.165) is 23.2 Å². The smallest absolute Gasteiger partial charge is 0.197 e. The molecule has 2 N–H and O–H groups in total. The monoisotopic (exact) mass is 327 g/mol. The summed E-state index contributed by atoms with van der Waals surface area (Å²) in [6.45, 7) is 5.11. The Kier molecular flexibility index (Phi) is 3.77. The molecular weight excluding hydrogens is 306 g/mol. The fraction of sp³-hybridized carbons (Fsp3) is 0.136. The number of hydrogen-bond donors (Lipinski definition) is 1. The van der Waals surface area contributed by atoms with E-state index in [4.69, 9.17) is 10.7 Å². The number of allylic oxidation sites excluding steroid dienone is 2. The van der Waals surface area contributed by atoms with E-state index in [2.05, 4.69) is 49.1 Å². The first-order valence-electron chi connectivity index (χ1n) is 8.50. The summed E-state index contributed by atoms with van der Waals surface area (Å²) in [6.07, 6.45) is 7.50. The highest BCUT2D eigenvalue weighted by molar-refractivity contribution is 5.86. The largest absolute Gasteiger partial charge is 0.369 e. The maximum absolute atomic E-state index is 6.36. The third-order valence-corrected chi connectivity index (χ3v) is 4.87. The van der Waals surface area contributed by atoms with E-state index in [9.17, 15) is 0 Å². The lowest BCUT2D eigenvalue weighted by Crippen LogP contribution is -2.36. The van der Waals surface area contributed by atoms with Crippen molar-refractivity contribution in [2.24, 2.45) is 10.7 Å². The highest BCUT2D eigenvalue weighted by Gasteiger charge is 2.45. The second-order valence-electron chi connectivity index (χ2n) is 6.36. The predicted octanol–water partition coefficient (Wildman–Crippen LogP) is 3.96. The van der Waals surface area contributed by atoms with Crippen molar-refractivity contribution in [3.8, 4) is 0 Å². The first kappa shape index (κ1) is 15.5. The Morgan fingerprint density at radius 1 is 1.00 bits per heavy atom. The number of guanidine groups is 1. The Morgan fingerprint density at radius 2 is 1.60 bits per heavy atom. The summed E-state index contributed by atoms with van der Waals surface area (Å²) < 4.78 is 0. The zero-order valence-corrected chi connectivity index (χ0v) is 14.1. The highest BCUT2D eigenvalue weighted by Crippen LogP contribution is 2.45. The van der Waals surface area contributed by atoms with Crippen molar-refractivity contribution < 1.29 is 0 Å². The summed E-state index contributed by atoms with van der Waals surface area (Å²) in [5.74, 6) is 0.513. The molecular formula is C22H21N3. The molecule has 0 amide bonds. The zero-order chi connectivity index (χ0) is 17.3. The molecule has 3 nitrogen and oxygen atoms in total. The summed E-state index contributed by atoms with van der Waals surface area (Å²) in [5, 5.41) is 0. The van der Waals surface area contributed by atoms with Gasteiger partial charge in [-0.25, -0.2) is 4.99 Å². The molecule has 0 saturated carbocycles. The fourth-order valence-corrected chi connectivity index (χ4v) is 3.60. The van der Waals surface area contributed by atoms with Crippen molar-refractivity contribution in [3.63, 3.8) is 0 Å². The number of benzene rings is 2. The van der Waals surface area contributed by atoms with Crippen molar-refractivity contribution in [2.45, 2.75) is 12.0 Å². The van der Waals surface area contributed by atoms with Gasteiger partial charge in [-0.2, -0.15) is 0 Å². The average Bonchev–Trinajstić information content (AvgIpc) is 3.26. The van der Waals surface area contributed by atoms with Crippen LogP contribution >= 0.6 is 0 Å². The van der Waals surface area contributed by atoms with Gasteiger partial charge in [0.2, 0.25) is 0 Å². The molecule has 1 heterocycles. The molecule has 2 aliphatic rings. The second kappa shape index (κ2) is 6.10. The first-order valence-corrected chi connectivity index (χ1v) is 8.50. The lowest BCUT2D eigenvalue weighted by atomic mass is 9.81. The molecule has 1 aliphatic carbocycles. The molecule has 0 aromatic heterocycles. The number of nitrogens with zero attached hydrogens (tertiary/aromatic N) is 2. The van der Waals surface area contributed by atoms with Crippen molar-refractivity contribution in [2.75, 3.05) is 6.54 Å². The lowest BCUT2D eigenvalue weighted by molar-refractivity contribution is 0.502. The van der Waals surface area contributed by atoms with Gasteiger partial charge < -0.3 is 10.6 Å². The van der Waals surface area contributed by atoms with E-state index in [1.807, 2.05) is 41.3 Å². The molecule has 0 saturated heterocycles. The van der Waals surface area contributed by atoms with Crippen LogP contribution in [0.3, 0.4) is 0 Å². The Labute approximate surface area is 148 Å². The van der Waals surface area contributed by atoms with Crippen LogP contribution in [0.1, 0.15) is 17.5 Å². The van der Waals surface area contributed by atoms with Crippen molar-refractivity contribution in [1.29, 1.82) is 0 Å². The second-order valence-corrected chi connectivity index (χ2v) is 6.36. The van der Waals surface area contributed by atoms with Gasteiger partial charge in [0.1, 0.15) is 0 Å². The molecule has 124 valence electrons. The standard InChI is InChI=1S/C22H21N3/c1-17-22(19-12-4-2-5-13-19,20-14-6-3-7-15-20)24-21(23)25(17)16-18-10-8-9-11-18/h2-8,10-15H,1,9,16H2,(H2,23,24). The lowest BCUT2D eigenvalue weighted by Gasteiger charge is -2.31. The van der Waals surface area contributed by atoms with Crippen molar-refractivity contribution in [3.05, 3.63) is 108 Å². The van der Waals surface area contributed by atoms with Crippen molar-refractivity contribution >= 4 is 5.96 Å². The summed E-state index contributed by atoms with van der Waals surface area (Å²) in [4.78, 5) is 6.96. The molecule has 1 aliphatic heterocycles. The summed E-state index contributed by atoms with van der Waals surface area (Å²) in [7, 11) is 0. The van der Waals surface area contributed by atoms with E-state index in [-0.39, 0.29) is 0 Å². The van der Waals surface area contributed by atoms with Crippen LogP contribution in [0.15, 0.2) is 102 Å². The van der Waals surface area contributed by atoms with Gasteiger partial charge >= 0.3 is 0 Å². The van der Waals surface area contributed by atoms with Crippen molar-refractivity contribution in [1.82, 2.24) is 4.90 Å². The maximum atomic E-state index is 6.36. The Balaban J connectivity index is 1.82. The van der Waals surface area contributed by atoms with Crippen LogP contribution in [0.4, 0.5) is 0 Å². The number of nitrogens with two attached hydrogens (primary N) is 1. The van der Waals surface area contributed by atoms with Gasteiger partial charge in [-0.3, -0.25) is 0 Å². The van der Waals surface area contributed by atoms with Gasteiger partial charge in [-0.05, 0) is 23.1 Å². The van der Waals surface area contributed by atoms with Gasteiger partial charge in [0.25, 0.3) is 0 Å². The number of rotatable bonds is 4. The minimum atomic E-state index is -0.671. The van der Waals surface area contributed by atoms with Crippen LogP contribution in [0.2, 0.25) is 0 Å². The molecule has 4 rings (SSSR count). The SMILES string of the molecule is C=C1N(CC2=CCC=C2)C(N)=NC1(c1ccccc1)c1ccccc1. The minimum Gasteiger partial charge on any atom is -0.369 e. The van der Waals surface area contributed by atoms with Crippen LogP contribution in [0, 0.1) is 0 Å². The Bertz CT molecular complexity index is 837. The summed E-state index contributed by atoms with van der Waals surface area (Å²) >= 11 is 0. The quantitative estimate of drug-likeness (QED) is 0.923. The fourth-order valence-electron chi connectivity index (χ4n) is 3.60. The molecule has 0 fully saturated rings. The Morgan fingerprint density at radius 3 is 2.12 bits per heavy atom. The average molecular weight is 327 g/mol. The van der Waals surface area contributed by atoms with Gasteiger partial charge in [0, 0.05) is 0 Å². The topological polar surface area (TPSA) is 41.6 Å². The molecule has 0 spiro atoms. The summed E-state index contributed by atoms with van der Waals surface area (Å²) in [6, 6.07) is 20.5. The molecule has 0 radical (unpaired) electrons. The maximum Gasteiger partial charge on any atom is 0.197 e. The van der Waals surface area contributed by atoms with E-state index < -0.39 is 5.54 Å². The van der Waals surface area contributed by atoms with Crippen LogP contribution < -0.4 is 5.73 Å². The van der Waals surface area contributed by atoms with Gasteiger partial charge in [0.05, 0.1) is 12.2 Å². The molecule has 3 heteroatoms. The highest BCUT2D eigenvalue weighted by atomic mass is 15.3. The molecule has 2 aromatic rings. The minimum absolute atomic E-state index is 0.513. The zero-order valence-electron chi connectivity index (χ0n) is 14.1. The van der Waals surface area contributed by atoms with E-state index in [1.54, 1.807) is 0 Å². The molecule has 2 aromatic carbocycles. The molecule has 0 atom stereocenters. The normalized spacial score (nSPS) is 18.4. The van der Waals surface area contributed by atoms with Gasteiger partial charge in [-0.1, -0.05) is 85.5 Å². The van der Waals surface area contributed by atoms with E-state index in [0.29, 0.717) is 12.5 Å².